The number of aromatic nitrogens is 4. The van der Waals surface area contributed by atoms with Crippen LogP contribution in [0, 0.1) is 6.92 Å². The number of rotatable bonds is 3. The number of hydrogen-bond donors (Lipinski definition) is 1. The highest BCUT2D eigenvalue weighted by Gasteiger charge is 2.30. The van der Waals surface area contributed by atoms with Gasteiger partial charge in [-0.15, -0.1) is 11.3 Å². The van der Waals surface area contributed by atoms with Gasteiger partial charge in [0, 0.05) is 42.0 Å². The predicted molar refractivity (Wildman–Crippen MR) is 112 cm³/mol. The Bertz CT molecular complexity index is 1190. The van der Waals surface area contributed by atoms with Crippen LogP contribution in [0.1, 0.15) is 36.2 Å². The minimum Gasteiger partial charge on any atom is -0.370 e. The zero-order valence-corrected chi connectivity index (χ0v) is 16.9. The molecule has 4 aromatic heterocycles. The summed E-state index contributed by atoms with van der Waals surface area (Å²) in [4.78, 5) is 19.1. The van der Waals surface area contributed by atoms with E-state index in [1.165, 1.54) is 11.1 Å². The smallest absolute Gasteiger partial charge is 0.147 e. The molecule has 0 fully saturated rings. The zero-order chi connectivity index (χ0) is 19.3. The van der Waals surface area contributed by atoms with Crippen LogP contribution < -0.4 is 5.32 Å². The Balaban J connectivity index is 1.65. The third-order valence-electron chi connectivity index (χ3n) is 5.24. The molecular weight excluding hydrogens is 370 g/mol. The molecule has 28 heavy (non-hydrogen) atoms. The fourth-order valence-corrected chi connectivity index (χ4v) is 4.95. The minimum absolute atomic E-state index is 0.183. The second-order valence-electron chi connectivity index (χ2n) is 7.77. The van der Waals surface area contributed by atoms with Gasteiger partial charge < -0.3 is 10.1 Å². The van der Waals surface area contributed by atoms with E-state index in [0.29, 0.717) is 13.2 Å². The van der Waals surface area contributed by atoms with Gasteiger partial charge >= 0.3 is 0 Å². The van der Waals surface area contributed by atoms with E-state index in [0.717, 1.165) is 43.9 Å². The molecule has 1 aliphatic rings. The molecule has 5 rings (SSSR count). The molecule has 0 spiro atoms. The highest BCUT2D eigenvalue weighted by atomic mass is 32.1. The maximum Gasteiger partial charge on any atom is 0.147 e. The molecule has 6 nitrogen and oxygen atoms in total. The number of ether oxygens (including phenoxy) is 1. The Kier molecular flexibility index (Phi) is 4.03. The van der Waals surface area contributed by atoms with Gasteiger partial charge in [0.15, 0.2) is 0 Å². The van der Waals surface area contributed by atoms with Crippen molar-refractivity contribution in [3.05, 3.63) is 53.2 Å². The molecule has 7 heteroatoms. The van der Waals surface area contributed by atoms with Gasteiger partial charge in [-0.05, 0) is 44.0 Å². The molecule has 0 aliphatic carbocycles. The standard InChI is InChI=1S/C21H21N5OS/c1-12-15-10-27-21(2,3)8-14(15)16-17-18(28-20(16)26-12)19(25-11-24-17)23-9-13-4-6-22-7-5-13/h4-7,11H,8-10H2,1-3H3,(H,23,24,25). The maximum atomic E-state index is 6.03. The number of pyridine rings is 2. The lowest BCUT2D eigenvalue weighted by atomic mass is 9.89. The quantitative estimate of drug-likeness (QED) is 0.558. The number of nitrogens with one attached hydrogen (secondary N) is 1. The van der Waals surface area contributed by atoms with Gasteiger partial charge in [-0.1, -0.05) is 0 Å². The molecule has 0 saturated carbocycles. The van der Waals surface area contributed by atoms with Crippen molar-refractivity contribution >= 4 is 37.6 Å². The molecule has 0 amide bonds. The van der Waals surface area contributed by atoms with Crippen LogP contribution in [0.25, 0.3) is 20.4 Å². The van der Waals surface area contributed by atoms with E-state index in [4.69, 9.17) is 9.72 Å². The van der Waals surface area contributed by atoms with Gasteiger partial charge in [0.1, 0.15) is 17.0 Å². The fourth-order valence-electron chi connectivity index (χ4n) is 3.78. The number of anilines is 1. The summed E-state index contributed by atoms with van der Waals surface area (Å²) in [5.74, 6) is 0.850. The summed E-state index contributed by atoms with van der Waals surface area (Å²) in [6.45, 7) is 7.64. The first kappa shape index (κ1) is 17.5. The molecule has 5 heterocycles. The van der Waals surface area contributed by atoms with Crippen molar-refractivity contribution in [2.24, 2.45) is 0 Å². The van der Waals surface area contributed by atoms with Crippen molar-refractivity contribution in [1.29, 1.82) is 0 Å². The lowest BCUT2D eigenvalue weighted by molar-refractivity contribution is -0.0400. The molecule has 0 saturated heterocycles. The first-order chi connectivity index (χ1) is 13.5. The number of hydrogen-bond acceptors (Lipinski definition) is 7. The van der Waals surface area contributed by atoms with E-state index >= 15 is 0 Å². The summed E-state index contributed by atoms with van der Waals surface area (Å²) in [5, 5.41) is 4.61. The second kappa shape index (κ2) is 6.46. The molecule has 4 aromatic rings. The van der Waals surface area contributed by atoms with Gasteiger partial charge in [0.25, 0.3) is 0 Å². The molecule has 1 N–H and O–H groups in total. The summed E-state index contributed by atoms with van der Waals surface area (Å²) in [5.41, 5.74) is 5.53. The van der Waals surface area contributed by atoms with Crippen LogP contribution in [0.5, 0.6) is 0 Å². The molecule has 0 radical (unpaired) electrons. The van der Waals surface area contributed by atoms with E-state index in [-0.39, 0.29) is 5.60 Å². The highest BCUT2D eigenvalue weighted by molar-refractivity contribution is 7.26. The van der Waals surface area contributed by atoms with Gasteiger partial charge in [0.05, 0.1) is 22.4 Å². The maximum absolute atomic E-state index is 6.03. The highest BCUT2D eigenvalue weighted by Crippen LogP contribution is 2.41. The summed E-state index contributed by atoms with van der Waals surface area (Å²) >= 11 is 1.66. The Morgan fingerprint density at radius 2 is 2.00 bits per heavy atom. The van der Waals surface area contributed by atoms with Gasteiger partial charge in [0.2, 0.25) is 0 Å². The van der Waals surface area contributed by atoms with Crippen molar-refractivity contribution in [3.63, 3.8) is 0 Å². The largest absolute Gasteiger partial charge is 0.370 e. The van der Waals surface area contributed by atoms with E-state index < -0.39 is 0 Å². The van der Waals surface area contributed by atoms with Gasteiger partial charge in [-0.25, -0.2) is 15.0 Å². The first-order valence-electron chi connectivity index (χ1n) is 9.34. The van der Waals surface area contributed by atoms with Crippen molar-refractivity contribution in [1.82, 2.24) is 19.9 Å². The number of nitrogens with zero attached hydrogens (tertiary/aromatic N) is 4. The minimum atomic E-state index is -0.183. The van der Waals surface area contributed by atoms with E-state index in [9.17, 15) is 0 Å². The van der Waals surface area contributed by atoms with E-state index in [2.05, 4.69) is 41.0 Å². The normalized spacial score (nSPS) is 15.7. The summed E-state index contributed by atoms with van der Waals surface area (Å²) in [6, 6.07) is 4.00. The Labute approximate surface area is 167 Å². The topological polar surface area (TPSA) is 72.8 Å². The van der Waals surface area contributed by atoms with Gasteiger partial charge in [-0.3, -0.25) is 4.98 Å². The molecule has 1 aliphatic heterocycles. The van der Waals surface area contributed by atoms with Crippen LogP contribution in [0.2, 0.25) is 0 Å². The molecule has 142 valence electrons. The number of aryl methyl sites for hydroxylation is 1. The summed E-state index contributed by atoms with van der Waals surface area (Å²) < 4.78 is 7.09. The molecule has 0 bridgehead atoms. The molecular formula is C21H21N5OS. The Morgan fingerprint density at radius 1 is 1.18 bits per heavy atom. The summed E-state index contributed by atoms with van der Waals surface area (Å²) in [6.07, 6.45) is 6.10. The average molecular weight is 392 g/mol. The molecule has 0 atom stereocenters. The molecule has 0 aromatic carbocycles. The van der Waals surface area contributed by atoms with Crippen LogP contribution >= 0.6 is 11.3 Å². The average Bonchev–Trinajstić information content (AvgIpc) is 3.05. The number of fused-ring (bicyclic) bond motifs is 5. The SMILES string of the molecule is Cc1nc2sc3c(NCc4ccncc4)ncnc3c2c2c1COC(C)(C)C2. The van der Waals surface area contributed by atoms with Gasteiger partial charge in [-0.2, -0.15) is 0 Å². The predicted octanol–water partition coefficient (Wildman–Crippen LogP) is 4.41. The third-order valence-corrected chi connectivity index (χ3v) is 6.32. The molecule has 0 unspecified atom stereocenters. The van der Waals surface area contributed by atoms with Crippen LogP contribution in [-0.4, -0.2) is 25.5 Å². The van der Waals surface area contributed by atoms with Crippen LogP contribution in [0.3, 0.4) is 0 Å². The lowest BCUT2D eigenvalue weighted by Gasteiger charge is -2.32. The summed E-state index contributed by atoms with van der Waals surface area (Å²) in [7, 11) is 0. The fraction of sp³-hybridized carbons (Fsp3) is 0.333. The lowest BCUT2D eigenvalue weighted by Crippen LogP contribution is -2.32. The Morgan fingerprint density at radius 3 is 2.82 bits per heavy atom. The van der Waals surface area contributed by atoms with Crippen LogP contribution in [-0.2, 0) is 24.3 Å². The third kappa shape index (κ3) is 2.91. The second-order valence-corrected chi connectivity index (χ2v) is 8.77. The van der Waals surface area contributed by atoms with Crippen molar-refractivity contribution in [2.45, 2.75) is 45.9 Å². The van der Waals surface area contributed by atoms with E-state index in [1.54, 1.807) is 30.1 Å². The monoisotopic (exact) mass is 391 g/mol. The van der Waals surface area contributed by atoms with E-state index in [1.807, 2.05) is 12.1 Å². The van der Waals surface area contributed by atoms with Crippen molar-refractivity contribution < 1.29 is 4.74 Å². The first-order valence-corrected chi connectivity index (χ1v) is 10.2. The zero-order valence-electron chi connectivity index (χ0n) is 16.1. The van der Waals surface area contributed by atoms with Crippen LogP contribution in [0.4, 0.5) is 5.82 Å². The Hall–Kier alpha value is -2.64. The van der Waals surface area contributed by atoms with Crippen molar-refractivity contribution in [3.8, 4) is 0 Å². The van der Waals surface area contributed by atoms with Crippen molar-refractivity contribution in [2.75, 3.05) is 5.32 Å². The number of thiophene rings is 1. The van der Waals surface area contributed by atoms with Crippen LogP contribution in [0.15, 0.2) is 30.9 Å².